The summed E-state index contributed by atoms with van der Waals surface area (Å²) in [6.45, 7) is 6.78. The van der Waals surface area contributed by atoms with Gasteiger partial charge in [0.05, 0.1) is 15.7 Å². The summed E-state index contributed by atoms with van der Waals surface area (Å²) >= 11 is 1.83. The molecule has 4 nitrogen and oxygen atoms in total. The van der Waals surface area contributed by atoms with Gasteiger partial charge in [0.1, 0.15) is 0 Å². The van der Waals surface area contributed by atoms with Crippen LogP contribution in [0.3, 0.4) is 0 Å². The molecule has 230 valence electrons. The molecule has 0 aliphatic heterocycles. The molecule has 0 radical (unpaired) electrons. The van der Waals surface area contributed by atoms with E-state index in [4.69, 9.17) is 10.4 Å². The molecule has 47 heavy (non-hydrogen) atoms. The third-order valence-electron chi connectivity index (χ3n) is 9.16. The van der Waals surface area contributed by atoms with Crippen molar-refractivity contribution in [2.75, 3.05) is 5.43 Å². The zero-order valence-electron chi connectivity index (χ0n) is 26.8. The zero-order chi connectivity index (χ0) is 32.1. The monoisotopic (exact) mass is 628 g/mol. The Morgan fingerprint density at radius 2 is 1.51 bits per heavy atom. The topological polar surface area (TPSA) is 53.2 Å². The van der Waals surface area contributed by atoms with E-state index in [0.29, 0.717) is 5.84 Å². The molecule has 0 atom stereocenters. The van der Waals surface area contributed by atoms with Crippen molar-refractivity contribution in [2.24, 2.45) is 4.99 Å². The van der Waals surface area contributed by atoms with E-state index < -0.39 is 0 Å². The Hall–Kier alpha value is -5.26. The van der Waals surface area contributed by atoms with Gasteiger partial charge >= 0.3 is 0 Å². The van der Waals surface area contributed by atoms with Crippen LogP contribution in [0.1, 0.15) is 44.7 Å². The van der Waals surface area contributed by atoms with Gasteiger partial charge in [0.25, 0.3) is 0 Å². The van der Waals surface area contributed by atoms with E-state index in [2.05, 4.69) is 128 Å². The number of aliphatic imine (C=N–C) groups is 1. The Bertz CT molecular complexity index is 2410. The van der Waals surface area contributed by atoms with Crippen LogP contribution >= 0.6 is 11.3 Å². The third-order valence-corrected chi connectivity index (χ3v) is 10.4. The highest BCUT2D eigenvalue weighted by Gasteiger charge is 2.22. The van der Waals surface area contributed by atoms with E-state index in [1.165, 1.54) is 36.5 Å². The molecule has 5 heteroatoms. The van der Waals surface area contributed by atoms with E-state index >= 15 is 0 Å². The number of amidine groups is 2. The maximum atomic E-state index is 9.15. The summed E-state index contributed by atoms with van der Waals surface area (Å²) in [4.78, 5) is 5.02. The normalized spacial score (nSPS) is 13.9. The average molecular weight is 629 g/mol. The van der Waals surface area contributed by atoms with Crippen molar-refractivity contribution >= 4 is 65.0 Å². The van der Waals surface area contributed by atoms with Gasteiger partial charge in [-0.1, -0.05) is 136 Å². The molecule has 0 bridgehead atoms. The summed E-state index contributed by atoms with van der Waals surface area (Å²) < 4.78 is 4.76. The van der Waals surface area contributed by atoms with Gasteiger partial charge < -0.3 is 0 Å². The van der Waals surface area contributed by atoms with Crippen LogP contribution in [0, 0.1) is 5.41 Å². The largest absolute Gasteiger partial charge is 0.282 e. The van der Waals surface area contributed by atoms with Gasteiger partial charge in [-0.2, -0.15) is 0 Å². The van der Waals surface area contributed by atoms with E-state index in [1.54, 1.807) is 0 Å². The van der Waals surface area contributed by atoms with E-state index in [1.807, 2.05) is 41.7 Å². The lowest BCUT2D eigenvalue weighted by atomic mass is 9.86. The number of aromatic nitrogens is 1. The fraction of sp³-hybridized carbons (Fsp3) is 0.143. The lowest BCUT2D eigenvalue weighted by Gasteiger charge is -2.21. The number of fused-ring (bicyclic) bond motifs is 7. The van der Waals surface area contributed by atoms with Gasteiger partial charge in [-0.15, -0.1) is 11.3 Å². The van der Waals surface area contributed by atoms with Gasteiger partial charge in [0.15, 0.2) is 11.7 Å². The molecule has 2 aromatic heterocycles. The number of benzene rings is 5. The summed E-state index contributed by atoms with van der Waals surface area (Å²) in [6.07, 6.45) is 8.21. The standard InChI is InChI=1S/C42H36N4S/c1-42(2,3)31-22-23-32-34-24-25-35-33-16-10-11-17-37(33)47-39(35)38(34)46(36(32)26-31)45-41(30-14-8-5-9-15-30)44-40(43)29-20-18-28(19-21-29)27-12-6-4-7-13-27/h4-8,10-14,16-26H,9,15H2,1-3H3,(H2,43,44,45). The van der Waals surface area contributed by atoms with Crippen molar-refractivity contribution < 1.29 is 0 Å². The molecular weight excluding hydrogens is 593 g/mol. The van der Waals surface area contributed by atoms with Crippen molar-refractivity contribution in [3.05, 3.63) is 144 Å². The Morgan fingerprint density at radius 3 is 2.28 bits per heavy atom. The molecule has 5 aromatic carbocycles. The Morgan fingerprint density at radius 1 is 0.787 bits per heavy atom. The van der Waals surface area contributed by atoms with Crippen LogP contribution in [0.5, 0.6) is 0 Å². The van der Waals surface area contributed by atoms with E-state index in [9.17, 15) is 0 Å². The van der Waals surface area contributed by atoms with Crippen LogP contribution in [0.25, 0.3) is 53.1 Å². The van der Waals surface area contributed by atoms with Crippen molar-refractivity contribution in [3.63, 3.8) is 0 Å². The van der Waals surface area contributed by atoms with Crippen molar-refractivity contribution in [1.82, 2.24) is 4.68 Å². The van der Waals surface area contributed by atoms with Crippen molar-refractivity contribution in [2.45, 2.75) is 39.0 Å². The van der Waals surface area contributed by atoms with Gasteiger partial charge in [0.2, 0.25) is 0 Å². The average Bonchev–Trinajstić information content (AvgIpc) is 3.64. The summed E-state index contributed by atoms with van der Waals surface area (Å²) in [5, 5.41) is 14.1. The van der Waals surface area contributed by atoms with Gasteiger partial charge in [-0.25, -0.2) is 4.99 Å². The second-order valence-electron chi connectivity index (χ2n) is 13.3. The molecule has 2 heterocycles. The van der Waals surface area contributed by atoms with Gasteiger partial charge in [0, 0.05) is 31.8 Å². The van der Waals surface area contributed by atoms with Gasteiger partial charge in [-0.05, 0) is 52.7 Å². The lowest BCUT2D eigenvalue weighted by Crippen LogP contribution is -2.26. The van der Waals surface area contributed by atoms with Crippen molar-refractivity contribution in [1.29, 1.82) is 5.41 Å². The molecule has 0 spiro atoms. The first-order valence-corrected chi connectivity index (χ1v) is 17.0. The first-order chi connectivity index (χ1) is 22.8. The SMILES string of the molecule is CC(C)(C)c1ccc2c3ccc4c5ccccc5sc4c3n(N/C(=N\C(=N)c3ccc(-c4ccccc4)cc3)C3=CC=CCC3)c2c1. The van der Waals surface area contributed by atoms with Crippen LogP contribution < -0.4 is 5.43 Å². The van der Waals surface area contributed by atoms with Crippen LogP contribution in [0.15, 0.2) is 138 Å². The summed E-state index contributed by atoms with van der Waals surface area (Å²) in [7, 11) is 0. The minimum atomic E-state index is -0.00986. The Balaban J connectivity index is 1.31. The highest BCUT2D eigenvalue weighted by atomic mass is 32.1. The molecule has 0 unspecified atom stereocenters. The number of hydrogen-bond acceptors (Lipinski definition) is 2. The summed E-state index contributed by atoms with van der Waals surface area (Å²) in [5.74, 6) is 0.926. The minimum Gasteiger partial charge on any atom is -0.282 e. The fourth-order valence-corrected chi connectivity index (χ4v) is 7.80. The van der Waals surface area contributed by atoms with Gasteiger partial charge in [-0.3, -0.25) is 15.5 Å². The first-order valence-electron chi connectivity index (χ1n) is 16.2. The fourth-order valence-electron chi connectivity index (χ4n) is 6.56. The molecule has 1 aliphatic rings. The maximum Gasteiger partial charge on any atom is 0.154 e. The number of nitrogens with one attached hydrogen (secondary N) is 2. The second kappa shape index (κ2) is 11.5. The zero-order valence-corrected chi connectivity index (χ0v) is 27.7. The minimum absolute atomic E-state index is 0.00986. The highest BCUT2D eigenvalue weighted by Crippen LogP contribution is 2.42. The van der Waals surface area contributed by atoms with E-state index in [0.717, 1.165) is 46.1 Å². The maximum absolute atomic E-state index is 9.15. The molecule has 0 saturated heterocycles. The first kappa shape index (κ1) is 29.2. The molecule has 0 fully saturated rings. The molecule has 0 amide bonds. The predicted octanol–water partition coefficient (Wildman–Crippen LogP) is 11.4. The number of hydrogen-bond donors (Lipinski definition) is 2. The molecule has 1 aliphatic carbocycles. The smallest absolute Gasteiger partial charge is 0.154 e. The van der Waals surface area contributed by atoms with Crippen LogP contribution in [-0.2, 0) is 5.41 Å². The third kappa shape index (κ3) is 5.27. The predicted molar refractivity (Wildman–Crippen MR) is 203 cm³/mol. The lowest BCUT2D eigenvalue weighted by molar-refractivity contribution is 0.591. The summed E-state index contributed by atoms with van der Waals surface area (Å²) in [5.41, 5.74) is 11.5. The number of thiophene rings is 1. The molecular formula is C42H36N4S. The van der Waals surface area contributed by atoms with Crippen LogP contribution in [0.2, 0.25) is 0 Å². The molecule has 0 saturated carbocycles. The summed E-state index contributed by atoms with van der Waals surface area (Å²) in [6, 6.07) is 38.5. The van der Waals surface area contributed by atoms with Crippen LogP contribution in [-0.4, -0.2) is 16.3 Å². The number of allylic oxidation sites excluding steroid dienone is 3. The molecule has 8 rings (SSSR count). The Kier molecular flexibility index (Phi) is 7.15. The second-order valence-corrected chi connectivity index (χ2v) is 14.3. The number of nitrogens with zero attached hydrogens (tertiary/aromatic N) is 2. The van der Waals surface area contributed by atoms with Crippen molar-refractivity contribution in [3.8, 4) is 11.1 Å². The molecule has 2 N–H and O–H groups in total. The number of rotatable bonds is 4. The van der Waals surface area contributed by atoms with E-state index in [-0.39, 0.29) is 11.3 Å². The Labute approximate surface area is 278 Å². The van der Waals surface area contributed by atoms with Crippen LogP contribution in [0.4, 0.5) is 0 Å². The molecule has 7 aromatic rings. The quantitative estimate of drug-likeness (QED) is 0.148. The highest BCUT2D eigenvalue weighted by molar-refractivity contribution is 7.26.